The molecule has 2 heterocycles. The van der Waals surface area contributed by atoms with Crippen LogP contribution in [0.5, 0.6) is 0 Å². The third-order valence-corrected chi connectivity index (χ3v) is 6.28. The van der Waals surface area contributed by atoms with Gasteiger partial charge >= 0.3 is 0 Å². The van der Waals surface area contributed by atoms with Gasteiger partial charge in [-0.15, -0.1) is 22.7 Å². The number of aromatic nitrogens is 1. The standard InChI is InChI=1S/C12H17N3O2S3/c1-2-5-13-8-10-3-4-12(19-10)20(16,17)15-9-11-14-6-7-18-11/h3-4,6-7,13,15H,2,5,8-9H2,1H3. The fraction of sp³-hybridized carbons (Fsp3) is 0.417. The lowest BCUT2D eigenvalue weighted by Crippen LogP contribution is -2.22. The van der Waals surface area contributed by atoms with Gasteiger partial charge in [0.05, 0.1) is 6.54 Å². The van der Waals surface area contributed by atoms with Gasteiger partial charge in [0, 0.05) is 23.0 Å². The molecule has 0 saturated heterocycles. The van der Waals surface area contributed by atoms with E-state index in [0.717, 1.165) is 22.9 Å². The Labute approximate surface area is 127 Å². The Morgan fingerprint density at radius 2 is 2.15 bits per heavy atom. The quantitative estimate of drug-likeness (QED) is 0.727. The van der Waals surface area contributed by atoms with E-state index >= 15 is 0 Å². The maximum atomic E-state index is 12.1. The van der Waals surface area contributed by atoms with Gasteiger partial charge in [-0.05, 0) is 25.1 Å². The molecule has 0 atom stereocenters. The second-order valence-corrected chi connectivity index (χ2v) is 8.29. The smallest absolute Gasteiger partial charge is 0.250 e. The van der Waals surface area contributed by atoms with Crippen molar-refractivity contribution in [1.82, 2.24) is 15.0 Å². The SMILES string of the molecule is CCCNCc1ccc(S(=O)(=O)NCc2nccs2)s1. The van der Waals surface area contributed by atoms with Gasteiger partial charge in [-0.25, -0.2) is 18.1 Å². The Bertz CT molecular complexity index is 620. The topological polar surface area (TPSA) is 71.1 Å². The van der Waals surface area contributed by atoms with E-state index in [2.05, 4.69) is 21.9 Å². The second-order valence-electron chi connectivity index (χ2n) is 4.15. The third kappa shape index (κ3) is 4.35. The van der Waals surface area contributed by atoms with Gasteiger partial charge in [0.2, 0.25) is 10.0 Å². The van der Waals surface area contributed by atoms with Gasteiger partial charge in [-0.3, -0.25) is 0 Å². The van der Waals surface area contributed by atoms with Crippen LogP contribution in [0.25, 0.3) is 0 Å². The Kier molecular flexibility index (Phi) is 5.67. The molecule has 2 aromatic rings. The second kappa shape index (κ2) is 7.28. The lowest BCUT2D eigenvalue weighted by molar-refractivity contribution is 0.583. The first-order valence-electron chi connectivity index (χ1n) is 6.29. The van der Waals surface area contributed by atoms with E-state index in [-0.39, 0.29) is 6.54 Å². The van der Waals surface area contributed by atoms with Crippen LogP contribution in [0.1, 0.15) is 23.2 Å². The number of sulfonamides is 1. The van der Waals surface area contributed by atoms with Crippen molar-refractivity contribution >= 4 is 32.7 Å². The van der Waals surface area contributed by atoms with Crippen LogP contribution in [-0.2, 0) is 23.1 Å². The zero-order valence-electron chi connectivity index (χ0n) is 11.1. The third-order valence-electron chi connectivity index (χ3n) is 2.52. The Hall–Kier alpha value is -0.800. The summed E-state index contributed by atoms with van der Waals surface area (Å²) in [4.78, 5) is 5.07. The molecule has 0 aliphatic heterocycles. The van der Waals surface area contributed by atoms with E-state index in [1.54, 1.807) is 12.3 Å². The van der Waals surface area contributed by atoms with Crippen molar-refractivity contribution in [3.8, 4) is 0 Å². The van der Waals surface area contributed by atoms with Gasteiger partial charge in [-0.1, -0.05) is 6.92 Å². The molecule has 110 valence electrons. The average Bonchev–Trinajstić information content (AvgIpc) is 3.08. The molecule has 2 aromatic heterocycles. The fourth-order valence-electron chi connectivity index (χ4n) is 1.55. The molecule has 0 bridgehead atoms. The minimum absolute atomic E-state index is 0.237. The molecule has 8 heteroatoms. The molecule has 0 saturated carbocycles. The van der Waals surface area contributed by atoms with Gasteiger partial charge < -0.3 is 5.32 Å². The van der Waals surface area contributed by atoms with Crippen molar-refractivity contribution < 1.29 is 8.42 Å². The molecule has 0 radical (unpaired) electrons. The highest BCUT2D eigenvalue weighted by molar-refractivity contribution is 7.91. The fourth-order valence-corrected chi connectivity index (χ4v) is 4.56. The van der Waals surface area contributed by atoms with Crippen molar-refractivity contribution in [2.45, 2.75) is 30.6 Å². The van der Waals surface area contributed by atoms with Crippen LogP contribution in [-0.4, -0.2) is 19.9 Å². The Morgan fingerprint density at radius 3 is 2.85 bits per heavy atom. The van der Waals surface area contributed by atoms with Crippen molar-refractivity contribution in [3.63, 3.8) is 0 Å². The largest absolute Gasteiger partial charge is 0.312 e. The lowest BCUT2D eigenvalue weighted by atomic mass is 10.4. The summed E-state index contributed by atoms with van der Waals surface area (Å²) in [7, 11) is -3.44. The molecule has 0 fully saturated rings. The molecule has 0 aliphatic carbocycles. The number of rotatable bonds is 8. The monoisotopic (exact) mass is 331 g/mol. The van der Waals surface area contributed by atoms with Crippen LogP contribution in [0.2, 0.25) is 0 Å². The number of thiazole rings is 1. The van der Waals surface area contributed by atoms with Crippen LogP contribution in [0.3, 0.4) is 0 Å². The van der Waals surface area contributed by atoms with Gasteiger partial charge in [0.25, 0.3) is 0 Å². The van der Waals surface area contributed by atoms with Crippen LogP contribution in [0.4, 0.5) is 0 Å². The van der Waals surface area contributed by atoms with Crippen molar-refractivity contribution in [2.75, 3.05) is 6.54 Å². The maximum absolute atomic E-state index is 12.1. The molecule has 0 amide bonds. The van der Waals surface area contributed by atoms with Crippen molar-refractivity contribution in [3.05, 3.63) is 33.6 Å². The minimum Gasteiger partial charge on any atom is -0.312 e. The summed E-state index contributed by atoms with van der Waals surface area (Å²) in [6.07, 6.45) is 2.73. The normalized spacial score (nSPS) is 11.8. The van der Waals surface area contributed by atoms with Gasteiger partial charge in [0.1, 0.15) is 9.22 Å². The summed E-state index contributed by atoms with van der Waals surface area (Å²) in [6.45, 7) is 3.98. The molecule has 0 aliphatic rings. The summed E-state index contributed by atoms with van der Waals surface area (Å²) in [5.41, 5.74) is 0. The number of hydrogen-bond acceptors (Lipinski definition) is 6. The first kappa shape index (κ1) is 15.6. The first-order chi connectivity index (χ1) is 9.62. The van der Waals surface area contributed by atoms with E-state index < -0.39 is 10.0 Å². The molecule has 5 nitrogen and oxygen atoms in total. The van der Waals surface area contributed by atoms with E-state index in [1.807, 2.05) is 11.4 Å². The molecule has 0 unspecified atom stereocenters. The predicted molar refractivity (Wildman–Crippen MR) is 82.5 cm³/mol. The summed E-state index contributed by atoms with van der Waals surface area (Å²) in [5, 5.41) is 5.84. The summed E-state index contributed by atoms with van der Waals surface area (Å²) in [5.74, 6) is 0. The zero-order chi connectivity index (χ0) is 14.4. The number of hydrogen-bond donors (Lipinski definition) is 2. The molecule has 20 heavy (non-hydrogen) atoms. The zero-order valence-corrected chi connectivity index (χ0v) is 13.6. The molecule has 2 N–H and O–H groups in total. The highest BCUT2D eigenvalue weighted by atomic mass is 32.2. The Balaban J connectivity index is 1.95. The van der Waals surface area contributed by atoms with Crippen molar-refractivity contribution in [1.29, 1.82) is 0 Å². The summed E-state index contributed by atoms with van der Waals surface area (Å²) < 4.78 is 27.2. The number of thiophene rings is 1. The van der Waals surface area contributed by atoms with Crippen LogP contribution < -0.4 is 10.0 Å². The van der Waals surface area contributed by atoms with Crippen LogP contribution in [0, 0.1) is 0 Å². The maximum Gasteiger partial charge on any atom is 0.250 e. The minimum atomic E-state index is -3.44. The van der Waals surface area contributed by atoms with Gasteiger partial charge in [-0.2, -0.15) is 0 Å². The average molecular weight is 331 g/mol. The Morgan fingerprint density at radius 1 is 1.30 bits per heavy atom. The van der Waals surface area contributed by atoms with E-state index in [9.17, 15) is 8.42 Å². The van der Waals surface area contributed by atoms with Crippen LogP contribution >= 0.6 is 22.7 Å². The van der Waals surface area contributed by atoms with Crippen molar-refractivity contribution in [2.24, 2.45) is 0 Å². The van der Waals surface area contributed by atoms with Gasteiger partial charge in [0.15, 0.2) is 0 Å². The highest BCUT2D eigenvalue weighted by Gasteiger charge is 2.16. The summed E-state index contributed by atoms with van der Waals surface area (Å²) in [6, 6.07) is 3.50. The predicted octanol–water partition coefficient (Wildman–Crippen LogP) is 2.18. The van der Waals surface area contributed by atoms with Crippen LogP contribution in [0.15, 0.2) is 27.9 Å². The molecular weight excluding hydrogens is 314 g/mol. The van der Waals surface area contributed by atoms with E-state index in [0.29, 0.717) is 10.8 Å². The highest BCUT2D eigenvalue weighted by Crippen LogP contribution is 2.21. The lowest BCUT2D eigenvalue weighted by Gasteiger charge is -2.02. The van der Waals surface area contributed by atoms with E-state index in [4.69, 9.17) is 0 Å². The molecule has 0 spiro atoms. The summed E-state index contributed by atoms with van der Waals surface area (Å²) >= 11 is 2.73. The molecular formula is C12H17N3O2S3. The number of nitrogens with one attached hydrogen (secondary N) is 2. The number of nitrogens with zero attached hydrogens (tertiary/aromatic N) is 1. The van der Waals surface area contributed by atoms with E-state index in [1.165, 1.54) is 22.7 Å². The first-order valence-corrected chi connectivity index (χ1v) is 9.47. The molecule has 0 aromatic carbocycles. The molecule has 2 rings (SSSR count).